The van der Waals surface area contributed by atoms with E-state index in [4.69, 9.17) is 0 Å². The van der Waals surface area contributed by atoms with Gasteiger partial charge in [0.15, 0.2) is 5.78 Å². The van der Waals surface area contributed by atoms with E-state index in [-0.39, 0.29) is 22.1 Å². The van der Waals surface area contributed by atoms with E-state index in [1.54, 1.807) is 0 Å². The molecule has 0 fully saturated rings. The van der Waals surface area contributed by atoms with Gasteiger partial charge in [-0.15, -0.1) is 0 Å². The summed E-state index contributed by atoms with van der Waals surface area (Å²) in [5.74, 6) is -1.25. The molecule has 6 heteroatoms. The third-order valence-electron chi connectivity index (χ3n) is 1.90. The van der Waals surface area contributed by atoms with E-state index in [9.17, 15) is 19.3 Å². The normalized spacial score (nSPS) is 10.1. The van der Waals surface area contributed by atoms with Crippen LogP contribution < -0.4 is 0 Å². The molecular formula is C9H7BrFNO3. The summed E-state index contributed by atoms with van der Waals surface area (Å²) in [4.78, 5) is 21.1. The standard InChI is InChI=1S/C9H7BrFNO3/c1-5-2-7(11)6(9(13)4-10)3-8(5)12(14)15/h2-3H,4H2,1H3. The first-order chi connectivity index (χ1) is 6.97. The molecule has 0 bridgehead atoms. The van der Waals surface area contributed by atoms with E-state index in [0.717, 1.165) is 12.1 Å². The van der Waals surface area contributed by atoms with Gasteiger partial charge in [-0.1, -0.05) is 15.9 Å². The minimum atomic E-state index is -0.734. The molecule has 0 aliphatic heterocycles. The Hall–Kier alpha value is -1.30. The Balaban J connectivity index is 3.36. The number of alkyl halides is 1. The number of rotatable bonds is 3. The van der Waals surface area contributed by atoms with Crippen molar-refractivity contribution < 1.29 is 14.1 Å². The summed E-state index contributed by atoms with van der Waals surface area (Å²) in [6.45, 7) is 1.42. The largest absolute Gasteiger partial charge is 0.293 e. The van der Waals surface area contributed by atoms with Crippen LogP contribution in [0.3, 0.4) is 0 Å². The van der Waals surface area contributed by atoms with E-state index in [2.05, 4.69) is 15.9 Å². The predicted molar refractivity (Wildman–Crippen MR) is 55.9 cm³/mol. The lowest BCUT2D eigenvalue weighted by atomic mass is 10.1. The highest BCUT2D eigenvalue weighted by atomic mass is 79.9. The van der Waals surface area contributed by atoms with Gasteiger partial charge in [0.25, 0.3) is 5.69 Å². The predicted octanol–water partition coefficient (Wildman–Crippen LogP) is 2.62. The van der Waals surface area contributed by atoms with Crippen LogP contribution in [0.2, 0.25) is 0 Å². The van der Waals surface area contributed by atoms with E-state index >= 15 is 0 Å². The number of Topliss-reactive ketones (excluding diaryl/α,β-unsaturated/α-hetero) is 1. The molecule has 0 spiro atoms. The summed E-state index contributed by atoms with van der Waals surface area (Å²) in [6.07, 6.45) is 0. The maximum Gasteiger partial charge on any atom is 0.273 e. The molecule has 1 aromatic carbocycles. The van der Waals surface area contributed by atoms with Gasteiger partial charge in [0.05, 0.1) is 15.8 Å². The molecule has 0 heterocycles. The summed E-state index contributed by atoms with van der Waals surface area (Å²) in [7, 11) is 0. The number of hydrogen-bond acceptors (Lipinski definition) is 3. The lowest BCUT2D eigenvalue weighted by Crippen LogP contribution is -2.05. The quantitative estimate of drug-likeness (QED) is 0.369. The number of nitro benzene ring substituents is 1. The molecule has 0 aliphatic carbocycles. The summed E-state index contributed by atoms with van der Waals surface area (Å²) in [6, 6.07) is 1.96. The first kappa shape index (κ1) is 11.8. The van der Waals surface area contributed by atoms with Crippen molar-refractivity contribution in [2.24, 2.45) is 0 Å². The number of aryl methyl sites for hydroxylation is 1. The lowest BCUT2D eigenvalue weighted by Gasteiger charge is -2.02. The van der Waals surface area contributed by atoms with Crippen LogP contribution in [0.5, 0.6) is 0 Å². The molecule has 1 aromatic rings. The van der Waals surface area contributed by atoms with Crippen LogP contribution in [0.4, 0.5) is 10.1 Å². The average Bonchev–Trinajstić information content (AvgIpc) is 2.16. The van der Waals surface area contributed by atoms with Crippen molar-refractivity contribution in [2.45, 2.75) is 6.92 Å². The van der Waals surface area contributed by atoms with Crippen LogP contribution >= 0.6 is 15.9 Å². The van der Waals surface area contributed by atoms with Crippen molar-refractivity contribution in [1.29, 1.82) is 0 Å². The second kappa shape index (κ2) is 4.48. The Morgan fingerprint density at radius 2 is 2.20 bits per heavy atom. The molecule has 0 unspecified atom stereocenters. The van der Waals surface area contributed by atoms with Gasteiger partial charge in [-0.3, -0.25) is 14.9 Å². The minimum Gasteiger partial charge on any atom is -0.293 e. The second-order valence-corrected chi connectivity index (χ2v) is 3.49. The van der Waals surface area contributed by atoms with Gasteiger partial charge in [-0.2, -0.15) is 0 Å². The first-order valence-corrected chi connectivity index (χ1v) is 5.13. The van der Waals surface area contributed by atoms with Crippen molar-refractivity contribution in [2.75, 3.05) is 5.33 Å². The van der Waals surface area contributed by atoms with Gasteiger partial charge in [-0.05, 0) is 13.0 Å². The summed E-state index contributed by atoms with van der Waals surface area (Å²) < 4.78 is 13.3. The number of carbonyl (C=O) groups is 1. The maximum absolute atomic E-state index is 13.3. The van der Waals surface area contributed by atoms with Crippen LogP contribution in [0.25, 0.3) is 0 Å². The van der Waals surface area contributed by atoms with Gasteiger partial charge in [0, 0.05) is 11.6 Å². The first-order valence-electron chi connectivity index (χ1n) is 4.01. The molecule has 15 heavy (non-hydrogen) atoms. The van der Waals surface area contributed by atoms with E-state index in [1.165, 1.54) is 6.92 Å². The van der Waals surface area contributed by atoms with Gasteiger partial charge in [-0.25, -0.2) is 4.39 Å². The lowest BCUT2D eigenvalue weighted by molar-refractivity contribution is -0.385. The molecule has 0 aromatic heterocycles. The highest BCUT2D eigenvalue weighted by Crippen LogP contribution is 2.22. The van der Waals surface area contributed by atoms with Crippen molar-refractivity contribution in [3.63, 3.8) is 0 Å². The van der Waals surface area contributed by atoms with Crippen molar-refractivity contribution in [3.8, 4) is 0 Å². The third-order valence-corrected chi connectivity index (χ3v) is 2.41. The number of ketones is 1. The zero-order valence-electron chi connectivity index (χ0n) is 7.79. The SMILES string of the molecule is Cc1cc(F)c(C(=O)CBr)cc1[N+](=O)[O-]. The molecular weight excluding hydrogens is 269 g/mol. The topological polar surface area (TPSA) is 60.2 Å². The summed E-state index contributed by atoms with van der Waals surface area (Å²) >= 11 is 2.88. The highest BCUT2D eigenvalue weighted by Gasteiger charge is 2.18. The molecule has 1 rings (SSSR count). The van der Waals surface area contributed by atoms with Crippen LogP contribution in [0.15, 0.2) is 12.1 Å². The zero-order valence-corrected chi connectivity index (χ0v) is 9.38. The summed E-state index contributed by atoms with van der Waals surface area (Å²) in [5, 5.41) is 10.5. The Morgan fingerprint density at radius 3 is 2.67 bits per heavy atom. The van der Waals surface area contributed by atoms with Gasteiger partial charge < -0.3 is 0 Å². The Kier molecular flexibility index (Phi) is 3.52. The fraction of sp³-hybridized carbons (Fsp3) is 0.222. The van der Waals surface area contributed by atoms with Crippen molar-refractivity contribution in [1.82, 2.24) is 0 Å². The molecule has 0 aliphatic rings. The molecule has 80 valence electrons. The fourth-order valence-electron chi connectivity index (χ4n) is 1.14. The van der Waals surface area contributed by atoms with Crippen LogP contribution in [-0.4, -0.2) is 16.0 Å². The number of halogens is 2. The minimum absolute atomic E-state index is 0.0653. The number of hydrogen-bond donors (Lipinski definition) is 0. The molecule has 0 amide bonds. The zero-order chi connectivity index (χ0) is 11.6. The second-order valence-electron chi connectivity index (χ2n) is 2.93. The Bertz CT molecular complexity index is 434. The molecule has 0 radical (unpaired) electrons. The highest BCUT2D eigenvalue weighted by molar-refractivity contribution is 9.09. The van der Waals surface area contributed by atoms with Gasteiger partial charge in [0.2, 0.25) is 0 Å². The molecule has 0 atom stereocenters. The smallest absolute Gasteiger partial charge is 0.273 e. The number of nitrogens with zero attached hydrogens (tertiary/aromatic N) is 1. The molecule has 0 N–H and O–H groups in total. The average molecular weight is 276 g/mol. The molecule has 0 saturated carbocycles. The van der Waals surface area contributed by atoms with Gasteiger partial charge >= 0.3 is 0 Å². The van der Waals surface area contributed by atoms with Crippen molar-refractivity contribution in [3.05, 3.63) is 39.2 Å². The van der Waals surface area contributed by atoms with Crippen LogP contribution in [0, 0.1) is 22.9 Å². The Morgan fingerprint density at radius 1 is 1.60 bits per heavy atom. The monoisotopic (exact) mass is 275 g/mol. The third kappa shape index (κ3) is 2.38. The summed E-state index contributed by atoms with van der Waals surface area (Å²) in [5.41, 5.74) is -0.312. The fourth-order valence-corrected chi connectivity index (χ4v) is 1.45. The van der Waals surface area contributed by atoms with E-state index < -0.39 is 16.5 Å². The number of benzene rings is 1. The maximum atomic E-state index is 13.3. The van der Waals surface area contributed by atoms with E-state index in [1.807, 2.05) is 0 Å². The van der Waals surface area contributed by atoms with E-state index in [0.29, 0.717) is 0 Å². The van der Waals surface area contributed by atoms with Crippen LogP contribution in [0.1, 0.15) is 15.9 Å². The Labute approximate surface area is 93.4 Å². The van der Waals surface area contributed by atoms with Crippen LogP contribution in [-0.2, 0) is 0 Å². The number of nitro groups is 1. The van der Waals surface area contributed by atoms with Gasteiger partial charge in [0.1, 0.15) is 5.82 Å². The molecule has 0 saturated heterocycles. The molecule has 4 nitrogen and oxygen atoms in total. The number of carbonyl (C=O) groups excluding carboxylic acids is 1. The van der Waals surface area contributed by atoms with Crippen molar-refractivity contribution >= 4 is 27.4 Å².